The van der Waals surface area contributed by atoms with E-state index in [-0.39, 0.29) is 19.0 Å². The van der Waals surface area contributed by atoms with E-state index in [0.717, 1.165) is 65.2 Å². The van der Waals surface area contributed by atoms with E-state index in [1.165, 1.54) is 11.1 Å². The highest BCUT2D eigenvalue weighted by Gasteiger charge is 2.25. The summed E-state index contributed by atoms with van der Waals surface area (Å²) in [6.07, 6.45) is 3.10. The predicted octanol–water partition coefficient (Wildman–Crippen LogP) is 1.01. The molecular weight excluding hydrogens is 628 g/mol. The number of ether oxygens (including phenoxy) is 1. The Balaban J connectivity index is 0.000000436. The lowest BCUT2D eigenvalue weighted by Gasteiger charge is -2.32. The third kappa shape index (κ3) is 8.41. The second-order valence-corrected chi connectivity index (χ2v) is 14.9. The van der Waals surface area contributed by atoms with Crippen molar-refractivity contribution in [1.82, 2.24) is 29.4 Å². The summed E-state index contributed by atoms with van der Waals surface area (Å²) in [6.45, 7) is 6.29. The number of hydrogen-bond donors (Lipinski definition) is 1. The molecule has 0 amide bonds. The van der Waals surface area contributed by atoms with Crippen LogP contribution in [0.15, 0.2) is 30.5 Å². The van der Waals surface area contributed by atoms with Crippen molar-refractivity contribution in [2.75, 3.05) is 91.3 Å². The molecule has 0 aliphatic carbocycles. The van der Waals surface area contributed by atoms with Gasteiger partial charge >= 0.3 is 0 Å². The number of fused-ring (bicyclic) bond motifs is 2. The summed E-state index contributed by atoms with van der Waals surface area (Å²) in [5.74, 6) is 0.640. The average Bonchev–Trinajstić information content (AvgIpc) is 3.58. The van der Waals surface area contributed by atoms with Gasteiger partial charge in [0.1, 0.15) is 6.54 Å². The molecule has 0 unspecified atom stereocenters. The number of carbonyl (C=O) groups is 1. The molecule has 2 fully saturated rings. The molecule has 1 aromatic carbocycles. The van der Waals surface area contributed by atoms with Crippen LogP contribution in [0.3, 0.4) is 0 Å². The van der Waals surface area contributed by atoms with Gasteiger partial charge in [-0.05, 0) is 12.1 Å². The van der Waals surface area contributed by atoms with Gasteiger partial charge in [0, 0.05) is 61.6 Å². The number of hydrogen-bond acceptors (Lipinski definition) is 11. The van der Waals surface area contributed by atoms with Gasteiger partial charge in [0.2, 0.25) is 10.0 Å². The Labute approximate surface area is 267 Å². The number of likely N-dealkylation sites (N-methyl/N-ethyl adjacent to an activating group) is 1. The van der Waals surface area contributed by atoms with Crippen LogP contribution >= 0.6 is 23.7 Å². The van der Waals surface area contributed by atoms with Crippen LogP contribution in [-0.2, 0) is 26.1 Å². The number of carbonyl (C=O) groups excluding carboxylic acids is 1. The smallest absolute Gasteiger partial charge is 0.211 e. The van der Waals surface area contributed by atoms with Gasteiger partial charge in [0.15, 0.2) is 11.6 Å². The number of quaternary nitrogens is 1. The normalized spacial score (nSPS) is 16.9. The number of thiophene rings is 1. The van der Waals surface area contributed by atoms with Gasteiger partial charge in [0.05, 0.1) is 68.5 Å². The Hall–Kier alpha value is -2.92. The number of aliphatic carboxylic acids is 1. The summed E-state index contributed by atoms with van der Waals surface area (Å²) >= 11 is 1.73. The Bertz CT molecular complexity index is 1690. The molecule has 0 atom stereocenters. The molecule has 2 aliphatic rings. The monoisotopic (exact) mass is 666 g/mol. The van der Waals surface area contributed by atoms with Crippen molar-refractivity contribution >= 4 is 66.7 Å². The SMILES string of the molecule is CS(=O)(=O)N1CCN(Cc2cc3nc(-c4cccc5[nH]ncc45)nc(N4CCOCC4)c3s2)CC1.C[N+](C)(C)CC(=O)[O-].Cl. The van der Waals surface area contributed by atoms with Crippen molar-refractivity contribution in [3.05, 3.63) is 35.3 Å². The molecule has 0 radical (unpaired) electrons. The van der Waals surface area contributed by atoms with Crippen LogP contribution in [0.2, 0.25) is 0 Å². The van der Waals surface area contributed by atoms with Gasteiger partial charge in [-0.1, -0.05) is 12.1 Å². The zero-order chi connectivity index (χ0) is 30.8. The molecule has 0 spiro atoms. The summed E-state index contributed by atoms with van der Waals surface area (Å²) in [5.41, 5.74) is 2.85. The minimum absolute atomic E-state index is 0. The maximum Gasteiger partial charge on any atom is 0.211 e. The number of aromatic nitrogens is 4. The fourth-order valence-electron chi connectivity index (χ4n) is 5.14. The number of benzene rings is 1. The Kier molecular flexibility index (Phi) is 10.8. The van der Waals surface area contributed by atoms with E-state index in [1.54, 1.807) is 36.8 Å². The first-order valence-electron chi connectivity index (χ1n) is 14.1. The van der Waals surface area contributed by atoms with Gasteiger partial charge in [-0.25, -0.2) is 18.4 Å². The molecule has 0 saturated carbocycles. The number of carboxylic acid groups (broad SMARTS) is 1. The number of halogens is 1. The summed E-state index contributed by atoms with van der Waals surface area (Å²) in [5, 5.41) is 18.1. The second kappa shape index (κ2) is 14.0. The highest BCUT2D eigenvalue weighted by molar-refractivity contribution is 7.88. The van der Waals surface area contributed by atoms with Crippen LogP contribution in [0.5, 0.6) is 0 Å². The van der Waals surface area contributed by atoms with Crippen molar-refractivity contribution in [2.24, 2.45) is 0 Å². The molecule has 3 aromatic heterocycles. The molecule has 4 aromatic rings. The largest absolute Gasteiger partial charge is 0.544 e. The lowest BCUT2D eigenvalue weighted by atomic mass is 10.1. The van der Waals surface area contributed by atoms with Crippen LogP contribution in [0.1, 0.15) is 4.88 Å². The highest BCUT2D eigenvalue weighted by Crippen LogP contribution is 2.36. The summed E-state index contributed by atoms with van der Waals surface area (Å²) in [7, 11) is 2.27. The van der Waals surface area contributed by atoms with E-state index < -0.39 is 16.0 Å². The van der Waals surface area contributed by atoms with E-state index in [4.69, 9.17) is 14.7 Å². The minimum Gasteiger partial charge on any atom is -0.544 e. The number of morpholine rings is 1. The van der Waals surface area contributed by atoms with E-state index in [2.05, 4.69) is 26.1 Å². The van der Waals surface area contributed by atoms with Crippen molar-refractivity contribution in [3.8, 4) is 11.4 Å². The first-order chi connectivity index (χ1) is 20.4. The van der Waals surface area contributed by atoms with E-state index >= 15 is 0 Å². The van der Waals surface area contributed by atoms with E-state index in [0.29, 0.717) is 36.6 Å². The molecule has 2 saturated heterocycles. The molecule has 16 heteroatoms. The third-order valence-corrected chi connectivity index (χ3v) is 9.63. The number of H-pyrrole nitrogens is 1. The molecule has 5 heterocycles. The predicted molar refractivity (Wildman–Crippen MR) is 172 cm³/mol. The van der Waals surface area contributed by atoms with Gasteiger partial charge in [0.25, 0.3) is 0 Å². The number of nitrogens with zero attached hydrogens (tertiary/aromatic N) is 7. The zero-order valence-electron chi connectivity index (χ0n) is 25.4. The lowest BCUT2D eigenvalue weighted by Crippen LogP contribution is -2.47. The zero-order valence-corrected chi connectivity index (χ0v) is 27.8. The Morgan fingerprint density at radius 3 is 2.41 bits per heavy atom. The number of aromatic amines is 1. The molecule has 240 valence electrons. The topological polar surface area (TPSA) is 148 Å². The van der Waals surface area contributed by atoms with Crippen molar-refractivity contribution in [3.63, 3.8) is 0 Å². The first kappa shape index (κ1) is 34.0. The molecule has 2 aliphatic heterocycles. The third-order valence-electron chi connectivity index (χ3n) is 7.22. The van der Waals surface area contributed by atoms with Crippen LogP contribution in [0, 0.1) is 0 Å². The van der Waals surface area contributed by atoms with E-state index in [1.807, 2.05) is 24.4 Å². The molecule has 44 heavy (non-hydrogen) atoms. The fraction of sp³-hybridized carbons (Fsp3) is 0.500. The molecule has 6 rings (SSSR count). The van der Waals surface area contributed by atoms with Gasteiger partial charge in [-0.2, -0.15) is 9.40 Å². The number of anilines is 1. The molecule has 1 N–H and O–H groups in total. The fourth-order valence-corrected chi connectivity index (χ4v) is 7.12. The van der Waals surface area contributed by atoms with Crippen molar-refractivity contribution in [1.29, 1.82) is 0 Å². The summed E-state index contributed by atoms with van der Waals surface area (Å²) in [4.78, 5) is 25.7. The second-order valence-electron chi connectivity index (χ2n) is 11.8. The number of carboxylic acids is 1. The quantitative estimate of drug-likeness (QED) is 0.284. The first-order valence-corrected chi connectivity index (χ1v) is 16.8. The maximum absolute atomic E-state index is 11.8. The van der Waals surface area contributed by atoms with Crippen LogP contribution in [0.25, 0.3) is 32.5 Å². The average molecular weight is 667 g/mol. The van der Waals surface area contributed by atoms with Crippen LogP contribution in [0.4, 0.5) is 5.82 Å². The standard InChI is InChI=1S/C23H27N7O3S2.C5H11NO2.ClH/c1-35(31,32)30-7-5-28(6-8-30)15-16-13-20-21(34-16)23(29-9-11-33-12-10-29)26-22(25-20)17-3-2-4-19-18(17)14-24-27-19;1-6(2,3)4-5(7)8;/h2-4,13-14H,5-12,15H2,1H3,(H,24,27);4H2,1-3H3;1H. The molecule has 0 bridgehead atoms. The van der Waals surface area contributed by atoms with Crippen LogP contribution in [-0.4, -0.2) is 135 Å². The number of nitrogens with one attached hydrogen (secondary N) is 1. The maximum atomic E-state index is 11.8. The Morgan fingerprint density at radius 1 is 1.09 bits per heavy atom. The number of sulfonamides is 1. The van der Waals surface area contributed by atoms with Crippen molar-refractivity contribution < 1.29 is 27.5 Å². The lowest BCUT2D eigenvalue weighted by molar-refractivity contribution is -0.864. The molecule has 13 nitrogen and oxygen atoms in total. The Morgan fingerprint density at radius 2 is 1.80 bits per heavy atom. The van der Waals surface area contributed by atoms with Crippen molar-refractivity contribution in [2.45, 2.75) is 6.54 Å². The summed E-state index contributed by atoms with van der Waals surface area (Å²) in [6, 6.07) is 8.19. The molecular formula is C28H39ClN8O5S2. The van der Waals surface area contributed by atoms with Gasteiger partial charge < -0.3 is 24.0 Å². The highest BCUT2D eigenvalue weighted by atomic mass is 35.5. The van der Waals surface area contributed by atoms with Gasteiger partial charge in [-0.15, -0.1) is 23.7 Å². The number of piperazine rings is 1. The summed E-state index contributed by atoms with van der Waals surface area (Å²) < 4.78 is 32.3. The minimum atomic E-state index is -3.13. The van der Waals surface area contributed by atoms with Crippen LogP contribution < -0.4 is 10.0 Å². The van der Waals surface area contributed by atoms with E-state index in [9.17, 15) is 18.3 Å². The number of rotatable bonds is 7. The van der Waals surface area contributed by atoms with Gasteiger partial charge in [-0.3, -0.25) is 10.00 Å².